The molecule has 1 amide bonds. The number of aryl methyl sites for hydroxylation is 1. The van der Waals surface area contributed by atoms with Crippen molar-refractivity contribution in [3.05, 3.63) is 66.3 Å². The van der Waals surface area contributed by atoms with Crippen LogP contribution in [0.4, 0.5) is 0 Å². The van der Waals surface area contributed by atoms with Crippen molar-refractivity contribution in [2.75, 3.05) is 13.1 Å². The molecule has 1 aromatic carbocycles. The Hall–Kier alpha value is -3.02. The fourth-order valence-electron chi connectivity index (χ4n) is 3.10. The van der Waals surface area contributed by atoms with Gasteiger partial charge in [-0.05, 0) is 30.5 Å². The molecule has 132 valence electrons. The van der Waals surface area contributed by atoms with Gasteiger partial charge < -0.3 is 9.42 Å². The van der Waals surface area contributed by atoms with E-state index in [-0.39, 0.29) is 11.8 Å². The van der Waals surface area contributed by atoms with Gasteiger partial charge >= 0.3 is 0 Å². The normalized spacial score (nSPS) is 14.2. The van der Waals surface area contributed by atoms with Crippen LogP contribution in [0, 0.1) is 0 Å². The van der Waals surface area contributed by atoms with Crippen molar-refractivity contribution in [3.63, 3.8) is 0 Å². The maximum absolute atomic E-state index is 12.3. The molecule has 1 aliphatic rings. The van der Waals surface area contributed by atoms with Gasteiger partial charge in [0.25, 0.3) is 0 Å². The number of likely N-dealkylation sites (tertiary alicyclic amines) is 1. The third kappa shape index (κ3) is 3.64. The number of hydrogen-bond acceptors (Lipinski definition) is 5. The molecule has 0 aliphatic carbocycles. The first kappa shape index (κ1) is 16.4. The maximum Gasteiger partial charge on any atom is 0.233 e. The van der Waals surface area contributed by atoms with Crippen molar-refractivity contribution in [1.29, 1.82) is 0 Å². The maximum atomic E-state index is 12.3. The van der Waals surface area contributed by atoms with Gasteiger partial charge in [-0.15, -0.1) is 0 Å². The first-order valence-electron chi connectivity index (χ1n) is 8.85. The van der Waals surface area contributed by atoms with Crippen molar-refractivity contribution in [2.24, 2.45) is 0 Å². The largest absolute Gasteiger partial charge is 0.341 e. The molecule has 1 fully saturated rings. The molecule has 26 heavy (non-hydrogen) atoms. The predicted octanol–water partition coefficient (Wildman–Crippen LogP) is 3.08. The zero-order chi connectivity index (χ0) is 17.8. The van der Waals surface area contributed by atoms with Crippen molar-refractivity contribution in [3.8, 4) is 11.4 Å². The van der Waals surface area contributed by atoms with Gasteiger partial charge in [-0.2, -0.15) is 4.98 Å². The summed E-state index contributed by atoms with van der Waals surface area (Å²) in [4.78, 5) is 22.6. The van der Waals surface area contributed by atoms with E-state index in [0.29, 0.717) is 31.2 Å². The number of hydrogen-bond donors (Lipinski definition) is 0. The molecule has 0 saturated carbocycles. The van der Waals surface area contributed by atoms with E-state index in [1.54, 1.807) is 12.4 Å². The van der Waals surface area contributed by atoms with Gasteiger partial charge in [-0.3, -0.25) is 9.78 Å². The standard InChI is InChI=1S/C20H20N4O2/c25-18(10-4-8-15-6-2-1-3-7-15)24-13-17(14-24)20-22-19(23-26-20)16-9-5-11-21-12-16/h1-3,5-7,9,11-12,17H,4,8,10,13-14H2. The summed E-state index contributed by atoms with van der Waals surface area (Å²) in [5.41, 5.74) is 2.10. The number of carbonyl (C=O) groups excluding carboxylic acids is 1. The van der Waals surface area contributed by atoms with Crippen LogP contribution in [0.5, 0.6) is 0 Å². The van der Waals surface area contributed by atoms with Crippen LogP contribution in [0.3, 0.4) is 0 Å². The molecule has 3 heterocycles. The lowest BCUT2D eigenvalue weighted by atomic mass is 9.99. The summed E-state index contributed by atoms with van der Waals surface area (Å²) in [6, 6.07) is 14.0. The lowest BCUT2D eigenvalue weighted by Crippen LogP contribution is -2.48. The SMILES string of the molecule is O=C(CCCc1ccccc1)N1CC(c2nc(-c3cccnc3)no2)C1. The van der Waals surface area contributed by atoms with E-state index in [4.69, 9.17) is 4.52 Å². The van der Waals surface area contributed by atoms with Gasteiger partial charge in [-0.1, -0.05) is 35.5 Å². The van der Waals surface area contributed by atoms with Crippen LogP contribution < -0.4 is 0 Å². The van der Waals surface area contributed by atoms with Gasteiger partial charge in [0.05, 0.1) is 5.92 Å². The van der Waals surface area contributed by atoms with Crippen molar-refractivity contribution in [1.82, 2.24) is 20.0 Å². The van der Waals surface area contributed by atoms with Crippen LogP contribution in [0.1, 0.15) is 30.2 Å². The zero-order valence-corrected chi connectivity index (χ0v) is 14.4. The first-order valence-corrected chi connectivity index (χ1v) is 8.85. The highest BCUT2D eigenvalue weighted by molar-refractivity contribution is 5.77. The van der Waals surface area contributed by atoms with Crippen LogP contribution in [-0.4, -0.2) is 39.0 Å². The molecule has 2 aromatic heterocycles. The average molecular weight is 348 g/mol. The highest BCUT2D eigenvalue weighted by atomic mass is 16.5. The molecule has 1 saturated heterocycles. The van der Waals surface area contributed by atoms with Crippen LogP contribution >= 0.6 is 0 Å². The molecule has 0 radical (unpaired) electrons. The number of carbonyl (C=O) groups is 1. The summed E-state index contributed by atoms with van der Waals surface area (Å²) in [7, 11) is 0. The Morgan fingerprint density at radius 2 is 2.00 bits per heavy atom. The van der Waals surface area contributed by atoms with E-state index < -0.39 is 0 Å². The first-order chi connectivity index (χ1) is 12.8. The summed E-state index contributed by atoms with van der Waals surface area (Å²) in [6.07, 6.45) is 5.79. The summed E-state index contributed by atoms with van der Waals surface area (Å²) in [5.74, 6) is 1.47. The third-order valence-corrected chi connectivity index (χ3v) is 4.64. The second-order valence-electron chi connectivity index (χ2n) is 6.53. The van der Waals surface area contributed by atoms with E-state index in [9.17, 15) is 4.79 Å². The Labute approximate surface area is 151 Å². The Balaban J connectivity index is 1.25. The fourth-order valence-corrected chi connectivity index (χ4v) is 3.10. The number of rotatable bonds is 6. The number of pyridine rings is 1. The third-order valence-electron chi connectivity index (χ3n) is 4.64. The quantitative estimate of drug-likeness (QED) is 0.684. The van der Waals surface area contributed by atoms with Crippen molar-refractivity contribution < 1.29 is 9.32 Å². The minimum atomic E-state index is 0.131. The van der Waals surface area contributed by atoms with E-state index in [2.05, 4.69) is 27.3 Å². The van der Waals surface area contributed by atoms with Crippen LogP contribution in [-0.2, 0) is 11.2 Å². The molecule has 6 nitrogen and oxygen atoms in total. The summed E-state index contributed by atoms with van der Waals surface area (Å²) < 4.78 is 5.36. The predicted molar refractivity (Wildman–Crippen MR) is 96.2 cm³/mol. The average Bonchev–Trinajstić information content (AvgIpc) is 3.12. The topological polar surface area (TPSA) is 72.1 Å². The molecular formula is C20H20N4O2. The minimum Gasteiger partial charge on any atom is -0.341 e. The van der Waals surface area contributed by atoms with Crippen molar-refractivity contribution >= 4 is 5.91 Å². The van der Waals surface area contributed by atoms with Crippen LogP contribution in [0.2, 0.25) is 0 Å². The Morgan fingerprint density at radius 3 is 2.77 bits per heavy atom. The molecule has 0 unspecified atom stereocenters. The van der Waals surface area contributed by atoms with Crippen LogP contribution in [0.25, 0.3) is 11.4 Å². The molecule has 0 bridgehead atoms. The highest BCUT2D eigenvalue weighted by Gasteiger charge is 2.35. The lowest BCUT2D eigenvalue weighted by molar-refractivity contribution is -0.136. The van der Waals surface area contributed by atoms with Gasteiger partial charge in [0.2, 0.25) is 17.6 Å². The minimum absolute atomic E-state index is 0.131. The molecular weight excluding hydrogens is 328 g/mol. The molecule has 6 heteroatoms. The Bertz CT molecular complexity index is 858. The molecule has 0 spiro atoms. The highest BCUT2D eigenvalue weighted by Crippen LogP contribution is 2.28. The summed E-state index contributed by atoms with van der Waals surface area (Å²) >= 11 is 0. The van der Waals surface area contributed by atoms with Crippen molar-refractivity contribution in [2.45, 2.75) is 25.2 Å². The Kier molecular flexibility index (Phi) is 4.73. The van der Waals surface area contributed by atoms with E-state index >= 15 is 0 Å². The smallest absolute Gasteiger partial charge is 0.233 e. The van der Waals surface area contributed by atoms with E-state index in [0.717, 1.165) is 18.4 Å². The van der Waals surface area contributed by atoms with Gasteiger partial charge in [0.1, 0.15) is 0 Å². The number of benzene rings is 1. The second kappa shape index (κ2) is 7.47. The van der Waals surface area contributed by atoms with Gasteiger partial charge in [-0.25, -0.2) is 0 Å². The van der Waals surface area contributed by atoms with E-state index in [1.165, 1.54) is 5.56 Å². The van der Waals surface area contributed by atoms with Gasteiger partial charge in [0.15, 0.2) is 0 Å². The molecule has 0 atom stereocenters. The zero-order valence-electron chi connectivity index (χ0n) is 14.4. The molecule has 3 aromatic rings. The molecule has 0 N–H and O–H groups in total. The lowest BCUT2D eigenvalue weighted by Gasteiger charge is -2.37. The molecule has 1 aliphatic heterocycles. The monoisotopic (exact) mass is 348 g/mol. The van der Waals surface area contributed by atoms with Crippen LogP contribution in [0.15, 0.2) is 59.4 Å². The second-order valence-corrected chi connectivity index (χ2v) is 6.53. The Morgan fingerprint density at radius 1 is 1.15 bits per heavy atom. The summed E-state index contributed by atoms with van der Waals surface area (Å²) in [5, 5.41) is 4.01. The number of amides is 1. The van der Waals surface area contributed by atoms with E-state index in [1.807, 2.05) is 35.2 Å². The summed E-state index contributed by atoms with van der Waals surface area (Å²) in [6.45, 7) is 1.30. The fraction of sp³-hybridized carbons (Fsp3) is 0.300. The number of nitrogens with zero attached hydrogens (tertiary/aromatic N) is 4. The van der Waals surface area contributed by atoms with Gasteiger partial charge in [0, 0.05) is 37.5 Å². The number of aromatic nitrogens is 3. The molecule has 4 rings (SSSR count).